The third-order valence-electron chi connectivity index (χ3n) is 7.57. The van der Waals surface area contributed by atoms with Gasteiger partial charge >= 0.3 is 6.16 Å². The number of tetrazole rings is 1. The van der Waals surface area contributed by atoms with Crippen LogP contribution in [0.1, 0.15) is 64.4 Å². The maximum Gasteiger partial charge on any atom is 0.508 e. The third kappa shape index (κ3) is 6.70. The number of aromatic nitrogens is 5. The predicted molar refractivity (Wildman–Crippen MR) is 155 cm³/mol. The number of carbonyl (C=O) groups is 2. The number of ether oxygens (including phenoxy) is 2. The smallest absolute Gasteiger partial charge is 0.435 e. The maximum atomic E-state index is 13.4. The van der Waals surface area contributed by atoms with Crippen LogP contribution in [0.3, 0.4) is 0 Å². The van der Waals surface area contributed by atoms with Crippen molar-refractivity contribution in [1.82, 2.24) is 30.5 Å². The van der Waals surface area contributed by atoms with Gasteiger partial charge in [0, 0.05) is 29.5 Å². The van der Waals surface area contributed by atoms with Gasteiger partial charge in [0.1, 0.15) is 5.60 Å². The molecule has 1 amide bonds. The van der Waals surface area contributed by atoms with Crippen molar-refractivity contribution in [2.45, 2.75) is 70.9 Å². The van der Waals surface area contributed by atoms with Crippen LogP contribution in [0.2, 0.25) is 0 Å². The summed E-state index contributed by atoms with van der Waals surface area (Å²) in [4.78, 5) is 32.4. The minimum absolute atomic E-state index is 0.0669. The zero-order chi connectivity index (χ0) is 28.7. The van der Waals surface area contributed by atoms with E-state index in [9.17, 15) is 9.59 Å². The van der Waals surface area contributed by atoms with Gasteiger partial charge in [-0.05, 0) is 68.0 Å². The minimum atomic E-state index is -0.715. The van der Waals surface area contributed by atoms with E-state index in [0.717, 1.165) is 71.8 Å². The SMILES string of the molecule is CCCCC(=O)N(Cc1ccc2nc(-c3ccccc3-c3nn[nH]n3)ccc2c1)CC1(OC(=O)OCC)CCCC1. The van der Waals surface area contributed by atoms with Gasteiger partial charge in [-0.25, -0.2) is 9.78 Å². The molecule has 41 heavy (non-hydrogen) atoms. The molecule has 5 rings (SSSR count). The van der Waals surface area contributed by atoms with Crippen molar-refractivity contribution in [3.05, 3.63) is 60.2 Å². The lowest BCUT2D eigenvalue weighted by atomic mass is 10.00. The molecule has 1 N–H and O–H groups in total. The van der Waals surface area contributed by atoms with Crippen LogP contribution in [0.25, 0.3) is 33.5 Å². The fourth-order valence-corrected chi connectivity index (χ4v) is 5.52. The van der Waals surface area contributed by atoms with Crippen LogP contribution in [0.15, 0.2) is 54.6 Å². The number of unbranched alkanes of at least 4 members (excludes halogenated alkanes) is 1. The molecular formula is C31H36N6O4. The van der Waals surface area contributed by atoms with E-state index in [4.69, 9.17) is 14.5 Å². The number of H-pyrrole nitrogens is 1. The quantitative estimate of drug-likeness (QED) is 0.220. The summed E-state index contributed by atoms with van der Waals surface area (Å²) < 4.78 is 10.9. The summed E-state index contributed by atoms with van der Waals surface area (Å²) in [5.74, 6) is 0.579. The molecule has 0 spiro atoms. The highest BCUT2D eigenvalue weighted by molar-refractivity contribution is 5.85. The molecule has 0 atom stereocenters. The summed E-state index contributed by atoms with van der Waals surface area (Å²) in [5.41, 5.74) is 3.69. The Labute approximate surface area is 239 Å². The van der Waals surface area contributed by atoms with Crippen LogP contribution in [0.5, 0.6) is 0 Å². The number of amides is 1. The van der Waals surface area contributed by atoms with Gasteiger partial charge in [-0.15, -0.1) is 10.2 Å². The largest absolute Gasteiger partial charge is 0.508 e. The second-order valence-corrected chi connectivity index (χ2v) is 10.5. The van der Waals surface area contributed by atoms with E-state index in [2.05, 4.69) is 33.6 Å². The van der Waals surface area contributed by atoms with Crippen LogP contribution in [0.4, 0.5) is 4.79 Å². The number of hydrogen-bond acceptors (Lipinski definition) is 8. The van der Waals surface area contributed by atoms with Gasteiger partial charge in [0.25, 0.3) is 0 Å². The molecule has 1 aliphatic carbocycles. The molecule has 1 saturated carbocycles. The van der Waals surface area contributed by atoms with Crippen LogP contribution >= 0.6 is 0 Å². The number of fused-ring (bicyclic) bond motifs is 1. The standard InChI is InChI=1S/C31H36N6O4/c1-3-5-12-28(38)37(21-31(17-8-9-18-31)41-30(39)40-4-2)20-22-13-15-26-23(19-22)14-16-27(32-26)24-10-6-7-11-25(24)29-33-35-36-34-29/h6-7,10-11,13-16,19H,3-5,8-9,12,17-18,20-21H2,1-2H3,(H,33,34,35,36). The van der Waals surface area contributed by atoms with E-state index in [1.807, 2.05) is 53.4 Å². The number of aromatic amines is 1. The van der Waals surface area contributed by atoms with Crippen molar-refractivity contribution in [2.24, 2.45) is 0 Å². The lowest BCUT2D eigenvalue weighted by molar-refractivity contribution is -0.136. The van der Waals surface area contributed by atoms with E-state index in [1.165, 1.54) is 0 Å². The molecule has 0 saturated heterocycles. The van der Waals surface area contributed by atoms with Crippen molar-refractivity contribution in [2.75, 3.05) is 13.2 Å². The number of carbonyl (C=O) groups excluding carboxylic acids is 2. The molecule has 1 aliphatic rings. The number of pyridine rings is 1. The van der Waals surface area contributed by atoms with Crippen molar-refractivity contribution in [3.63, 3.8) is 0 Å². The van der Waals surface area contributed by atoms with Gasteiger partial charge in [-0.2, -0.15) is 5.21 Å². The average molecular weight is 557 g/mol. The van der Waals surface area contributed by atoms with E-state index >= 15 is 0 Å². The number of rotatable bonds is 11. The Kier molecular flexibility index (Phi) is 8.86. The zero-order valence-corrected chi connectivity index (χ0v) is 23.6. The Morgan fingerprint density at radius 3 is 2.56 bits per heavy atom. The molecule has 2 aromatic carbocycles. The monoisotopic (exact) mass is 556 g/mol. The topological polar surface area (TPSA) is 123 Å². The first-order chi connectivity index (χ1) is 20.0. The van der Waals surface area contributed by atoms with Crippen LogP contribution < -0.4 is 0 Å². The number of hydrogen-bond donors (Lipinski definition) is 1. The van der Waals surface area contributed by atoms with E-state index in [0.29, 0.717) is 25.3 Å². The number of benzene rings is 2. The molecule has 0 radical (unpaired) electrons. The van der Waals surface area contributed by atoms with Gasteiger partial charge in [0.15, 0.2) is 0 Å². The van der Waals surface area contributed by atoms with Crippen molar-refractivity contribution >= 4 is 23.0 Å². The Morgan fingerprint density at radius 1 is 1.02 bits per heavy atom. The molecule has 4 aromatic rings. The molecule has 10 heteroatoms. The molecule has 2 heterocycles. The fourth-order valence-electron chi connectivity index (χ4n) is 5.52. The summed E-state index contributed by atoms with van der Waals surface area (Å²) in [7, 11) is 0. The first kappa shape index (κ1) is 28.2. The summed E-state index contributed by atoms with van der Waals surface area (Å²) in [6.07, 6.45) is 4.90. The third-order valence-corrected chi connectivity index (χ3v) is 7.57. The number of nitrogens with zero attached hydrogens (tertiary/aromatic N) is 5. The molecule has 1 fully saturated rings. The van der Waals surface area contributed by atoms with Gasteiger partial charge in [-0.3, -0.25) is 4.79 Å². The molecule has 0 bridgehead atoms. The van der Waals surface area contributed by atoms with Crippen LogP contribution in [0, 0.1) is 0 Å². The summed E-state index contributed by atoms with van der Waals surface area (Å²) in [5, 5.41) is 15.4. The van der Waals surface area contributed by atoms with Gasteiger partial charge in [-0.1, -0.05) is 49.7 Å². The summed E-state index contributed by atoms with van der Waals surface area (Å²) >= 11 is 0. The van der Waals surface area contributed by atoms with Gasteiger partial charge in [0.05, 0.1) is 24.4 Å². The lowest BCUT2D eigenvalue weighted by Gasteiger charge is -2.35. The van der Waals surface area contributed by atoms with E-state index < -0.39 is 11.8 Å². The normalized spacial score (nSPS) is 14.2. The summed E-state index contributed by atoms with van der Waals surface area (Å²) in [6.45, 7) is 4.87. The minimum Gasteiger partial charge on any atom is -0.435 e. The Balaban J connectivity index is 1.40. The molecular weight excluding hydrogens is 520 g/mol. The average Bonchev–Trinajstić information content (AvgIpc) is 3.68. The first-order valence-electron chi connectivity index (χ1n) is 14.4. The van der Waals surface area contributed by atoms with Gasteiger partial charge in [0.2, 0.25) is 11.7 Å². The Bertz CT molecular complexity index is 1480. The fraction of sp³-hybridized carbons (Fsp3) is 0.419. The first-order valence-corrected chi connectivity index (χ1v) is 14.4. The second kappa shape index (κ2) is 12.9. The zero-order valence-electron chi connectivity index (χ0n) is 23.6. The Morgan fingerprint density at radius 2 is 1.83 bits per heavy atom. The van der Waals surface area contributed by atoms with Crippen molar-refractivity contribution < 1.29 is 19.1 Å². The highest BCUT2D eigenvalue weighted by Crippen LogP contribution is 2.35. The number of nitrogens with one attached hydrogen (secondary N) is 1. The van der Waals surface area contributed by atoms with E-state index in [1.54, 1.807) is 6.92 Å². The second-order valence-electron chi connectivity index (χ2n) is 10.5. The van der Waals surface area contributed by atoms with E-state index in [-0.39, 0.29) is 12.5 Å². The Hall–Kier alpha value is -4.34. The molecule has 0 unspecified atom stereocenters. The van der Waals surface area contributed by atoms with Crippen LogP contribution in [-0.4, -0.2) is 61.3 Å². The van der Waals surface area contributed by atoms with Crippen LogP contribution in [-0.2, 0) is 20.8 Å². The lowest BCUT2D eigenvalue weighted by Crippen LogP contribution is -2.46. The highest BCUT2D eigenvalue weighted by Gasteiger charge is 2.41. The molecule has 10 nitrogen and oxygen atoms in total. The van der Waals surface area contributed by atoms with Crippen molar-refractivity contribution in [1.29, 1.82) is 0 Å². The predicted octanol–water partition coefficient (Wildman–Crippen LogP) is 6.09. The molecule has 214 valence electrons. The van der Waals surface area contributed by atoms with Gasteiger partial charge < -0.3 is 14.4 Å². The van der Waals surface area contributed by atoms with Crippen molar-refractivity contribution in [3.8, 4) is 22.6 Å². The summed E-state index contributed by atoms with van der Waals surface area (Å²) in [6, 6.07) is 17.9. The highest BCUT2D eigenvalue weighted by atomic mass is 16.7. The maximum absolute atomic E-state index is 13.4. The molecule has 0 aliphatic heterocycles. The molecule has 2 aromatic heterocycles.